The van der Waals surface area contributed by atoms with Crippen LogP contribution >= 0.6 is 15.9 Å². The van der Waals surface area contributed by atoms with Crippen LogP contribution in [0.3, 0.4) is 0 Å². The smallest absolute Gasteiger partial charge is 0.364 e. The molecule has 0 aliphatic carbocycles. The van der Waals surface area contributed by atoms with Crippen LogP contribution in [0.4, 0.5) is 10.2 Å². The van der Waals surface area contributed by atoms with E-state index < -0.39 is 68.7 Å². The molecule has 0 fully saturated rings. The zero-order valence-corrected chi connectivity index (χ0v) is 15.6. The van der Waals surface area contributed by atoms with Crippen LogP contribution in [-0.2, 0) is 10.0 Å². The van der Waals surface area contributed by atoms with Crippen molar-refractivity contribution in [3.63, 3.8) is 0 Å². The summed E-state index contributed by atoms with van der Waals surface area (Å²) in [6.45, 7) is -3.12. The highest BCUT2D eigenvalue weighted by Crippen LogP contribution is 2.25. The molecule has 0 atom stereocenters. The molecule has 11 nitrogen and oxygen atoms in total. The van der Waals surface area contributed by atoms with Gasteiger partial charge in [0.05, 0.1) is 20.5 Å². The van der Waals surface area contributed by atoms with E-state index in [4.69, 9.17) is 6.85 Å². The van der Waals surface area contributed by atoms with Crippen LogP contribution in [-0.4, -0.2) is 47.8 Å². The van der Waals surface area contributed by atoms with Gasteiger partial charge in [-0.2, -0.15) is 0 Å². The summed E-state index contributed by atoms with van der Waals surface area (Å²) in [7, 11) is -3.89. The zero-order chi connectivity index (χ0) is 24.0. The van der Waals surface area contributed by atoms with Crippen LogP contribution in [0.2, 0.25) is 0 Å². The number of rotatable bonds is 7. The van der Waals surface area contributed by atoms with Gasteiger partial charge in [-0.3, -0.25) is 4.52 Å². The van der Waals surface area contributed by atoms with Crippen LogP contribution in [0.5, 0.6) is 0 Å². The molecular formula is C13H12BrFN6O5S. The van der Waals surface area contributed by atoms with Crippen molar-refractivity contribution in [2.75, 3.05) is 24.6 Å². The summed E-state index contributed by atoms with van der Waals surface area (Å²) >= 11 is 2.79. The Morgan fingerprint density at radius 1 is 1.41 bits per heavy atom. The predicted octanol–water partition coefficient (Wildman–Crippen LogP) is 0.738. The van der Waals surface area contributed by atoms with Crippen molar-refractivity contribution < 1.29 is 28.8 Å². The summed E-state index contributed by atoms with van der Waals surface area (Å²) in [5.41, 5.74) is -0.885. The van der Waals surface area contributed by atoms with E-state index in [1.54, 1.807) is 4.72 Å². The summed E-state index contributed by atoms with van der Waals surface area (Å²) in [5, 5.41) is 13.0. The Kier molecular flexibility index (Phi) is 3.81. The molecule has 0 saturated carbocycles. The highest BCUT2D eigenvalue weighted by atomic mass is 79.9. The minimum absolute atomic E-state index is 0.295. The average molecular weight is 468 g/mol. The molecule has 14 heteroatoms. The number of anilines is 1. The van der Waals surface area contributed by atoms with E-state index in [0.717, 1.165) is 6.26 Å². The van der Waals surface area contributed by atoms with Gasteiger partial charge in [-0.15, -0.1) is 0 Å². The number of sulfonamides is 1. The van der Waals surface area contributed by atoms with Gasteiger partial charge >= 0.3 is 5.76 Å². The first-order valence-electron chi connectivity index (χ1n) is 9.33. The van der Waals surface area contributed by atoms with Gasteiger partial charge in [-0.05, 0) is 44.4 Å². The topological polar surface area (TPSA) is 145 Å². The van der Waals surface area contributed by atoms with Crippen molar-refractivity contribution in [3.8, 4) is 17.2 Å². The van der Waals surface area contributed by atoms with Gasteiger partial charge in [0.2, 0.25) is 21.7 Å². The van der Waals surface area contributed by atoms with Gasteiger partial charge in [0.1, 0.15) is 5.82 Å². The molecule has 0 amide bonds. The Balaban J connectivity index is 2.07. The first-order chi connectivity index (χ1) is 14.7. The van der Waals surface area contributed by atoms with E-state index in [1.165, 1.54) is 0 Å². The lowest BCUT2D eigenvalue weighted by Crippen LogP contribution is -2.27. The summed E-state index contributed by atoms with van der Waals surface area (Å²) < 4.78 is 86.7. The molecule has 2 N–H and O–H groups in total. The van der Waals surface area contributed by atoms with Gasteiger partial charge in [0.25, 0.3) is 0 Å². The number of benzene rings is 1. The fourth-order valence-corrected chi connectivity index (χ4v) is 2.44. The fourth-order valence-electron chi connectivity index (χ4n) is 1.81. The Hall–Kier alpha value is -2.58. The van der Waals surface area contributed by atoms with E-state index in [0.29, 0.717) is 4.57 Å². The van der Waals surface area contributed by atoms with Gasteiger partial charge in [0.15, 0.2) is 5.69 Å². The standard InChI is InChI=1S/C13H12BrFN6O5S/c1-27(23,24)17-5-4-16-11-10(18-26-19-11)12-20-25-13(22)21(12)7-2-3-9(15)8(14)6-7/h2-3,6,17H,4-5H2,1H3,(H,16,19)/i2D,3D,5D2,6D. The zero-order valence-electron chi connectivity index (χ0n) is 18.2. The summed E-state index contributed by atoms with van der Waals surface area (Å²) in [6.07, 6.45) is 0.764. The Bertz CT molecular complexity index is 1330. The van der Waals surface area contributed by atoms with E-state index in [2.05, 4.69) is 45.9 Å². The van der Waals surface area contributed by atoms with E-state index >= 15 is 0 Å². The van der Waals surface area contributed by atoms with Crippen LogP contribution in [0.25, 0.3) is 17.2 Å². The van der Waals surface area contributed by atoms with Crippen molar-refractivity contribution in [1.82, 2.24) is 24.8 Å². The molecule has 0 bridgehead atoms. The maximum atomic E-state index is 14.0. The molecule has 0 radical (unpaired) electrons. The summed E-state index contributed by atoms with van der Waals surface area (Å²) in [5.74, 6) is -3.14. The summed E-state index contributed by atoms with van der Waals surface area (Å²) in [6, 6.07) is -2.38. The lowest BCUT2D eigenvalue weighted by molar-refractivity contribution is 0.309. The van der Waals surface area contributed by atoms with Crippen LogP contribution in [0, 0.1) is 5.82 Å². The molecule has 3 rings (SSSR count). The number of nitrogens with one attached hydrogen (secondary N) is 2. The van der Waals surface area contributed by atoms with E-state index in [9.17, 15) is 17.6 Å². The third kappa shape index (κ3) is 4.40. The fraction of sp³-hybridized carbons (Fsp3) is 0.231. The molecule has 0 unspecified atom stereocenters. The molecule has 0 spiro atoms. The predicted molar refractivity (Wildman–Crippen MR) is 94.4 cm³/mol. The van der Waals surface area contributed by atoms with Crippen molar-refractivity contribution in [2.45, 2.75) is 0 Å². The molecule has 1 aromatic carbocycles. The Labute approximate surface area is 166 Å². The van der Waals surface area contributed by atoms with Crippen molar-refractivity contribution >= 4 is 31.8 Å². The monoisotopic (exact) mass is 467 g/mol. The first kappa shape index (κ1) is 13.6. The normalized spacial score (nSPS) is 14.9. The highest BCUT2D eigenvalue weighted by molar-refractivity contribution is 9.10. The molecule has 3 aromatic rings. The largest absolute Gasteiger partial charge is 0.446 e. The maximum absolute atomic E-state index is 14.0. The molecule has 0 aliphatic heterocycles. The molecule has 2 aromatic heterocycles. The molecule has 27 heavy (non-hydrogen) atoms. The minimum Gasteiger partial charge on any atom is -0.364 e. The number of hydrogen-bond donors (Lipinski definition) is 2. The second kappa shape index (κ2) is 7.58. The molecule has 144 valence electrons. The highest BCUT2D eigenvalue weighted by Gasteiger charge is 2.23. The van der Waals surface area contributed by atoms with Gasteiger partial charge < -0.3 is 5.32 Å². The SMILES string of the molecule is [2H]c1c([2H])c(-n2c(-c3nonc3NCC([2H])([2H])NS(C)(=O)=O)noc2=O)c([2H])c(Br)c1F. The van der Waals surface area contributed by atoms with Gasteiger partial charge in [-0.1, -0.05) is 5.16 Å². The van der Waals surface area contributed by atoms with Crippen molar-refractivity contribution in [2.24, 2.45) is 0 Å². The third-order valence-electron chi connectivity index (χ3n) is 2.84. The molecule has 0 saturated heterocycles. The Morgan fingerprint density at radius 3 is 2.93 bits per heavy atom. The minimum atomic E-state index is -3.89. The van der Waals surface area contributed by atoms with Crippen LogP contribution in [0.1, 0.15) is 6.85 Å². The summed E-state index contributed by atoms with van der Waals surface area (Å²) in [4.78, 5) is 12.3. The lowest BCUT2D eigenvalue weighted by atomic mass is 10.3. The molecule has 0 aliphatic rings. The van der Waals surface area contributed by atoms with E-state index in [1.807, 2.05) is 0 Å². The molecule has 2 heterocycles. The van der Waals surface area contributed by atoms with Crippen LogP contribution in [0.15, 0.2) is 36.5 Å². The van der Waals surface area contributed by atoms with E-state index in [-0.39, 0.29) is 11.5 Å². The molecular weight excluding hydrogens is 451 g/mol. The number of aromatic nitrogens is 4. The number of nitrogens with zero attached hydrogens (tertiary/aromatic N) is 4. The maximum Gasteiger partial charge on any atom is 0.446 e. The quantitative estimate of drug-likeness (QED) is 0.513. The van der Waals surface area contributed by atoms with Crippen LogP contribution < -0.4 is 15.8 Å². The van der Waals surface area contributed by atoms with Gasteiger partial charge in [0, 0.05) is 15.8 Å². The first-order valence-corrected chi connectivity index (χ1v) is 9.51. The van der Waals surface area contributed by atoms with Gasteiger partial charge in [-0.25, -0.2) is 31.5 Å². The Morgan fingerprint density at radius 2 is 2.19 bits per heavy atom. The second-order valence-corrected chi connectivity index (χ2v) is 7.37. The van der Waals surface area contributed by atoms with Crippen molar-refractivity contribution in [1.29, 1.82) is 0 Å². The average Bonchev–Trinajstić information content (AvgIpc) is 3.28. The number of halogens is 2. The third-order valence-corrected chi connectivity index (χ3v) is 3.90. The number of hydrogen-bond acceptors (Lipinski definition) is 9. The van der Waals surface area contributed by atoms with Crippen molar-refractivity contribution in [3.05, 3.63) is 39.0 Å². The lowest BCUT2D eigenvalue weighted by Gasteiger charge is -2.06. The second-order valence-electron chi connectivity index (χ2n) is 4.83.